The molecule has 0 aliphatic rings. The van der Waals surface area contributed by atoms with Crippen LogP contribution in [0.2, 0.25) is 0 Å². The van der Waals surface area contributed by atoms with Gasteiger partial charge in [-0.25, -0.2) is 0 Å². The number of hydrogen-bond acceptors (Lipinski definition) is 2. The van der Waals surface area contributed by atoms with E-state index in [1.807, 2.05) is 0 Å². The van der Waals surface area contributed by atoms with E-state index in [0.717, 1.165) is 54.2 Å². The van der Waals surface area contributed by atoms with Crippen LogP contribution in [0.5, 0.6) is 0 Å². The van der Waals surface area contributed by atoms with Crippen LogP contribution in [-0.2, 0) is 20.4 Å². The minimum Gasteiger partial charge on any atom is -0.299 e. The third kappa shape index (κ3) is 5.58. The number of fused-ring (bicyclic) bond motifs is 4. The lowest BCUT2D eigenvalue weighted by atomic mass is 9.55. The SMILES string of the molecule is CC(C)CC(=O)C(c1c2cc3ccccc3cc2c(C(C(=O)CC(C)C)(C(C)C)C(C)C)c2cc3ccccc3cc12)(C(C)C)C(C)C. The lowest BCUT2D eigenvalue weighted by molar-refractivity contribution is -0.129. The quantitative estimate of drug-likeness (QED) is 0.127. The fraction of sp³-hybridized carbons (Fsp3) is 0.478. The molecule has 2 heteroatoms. The van der Waals surface area contributed by atoms with Gasteiger partial charge in [0, 0.05) is 12.8 Å². The molecule has 0 fully saturated rings. The molecule has 0 unspecified atom stereocenters. The highest BCUT2D eigenvalue weighted by Crippen LogP contribution is 2.54. The first-order valence-corrected chi connectivity index (χ1v) is 18.5. The highest BCUT2D eigenvalue weighted by molar-refractivity contribution is 6.18. The zero-order valence-electron chi connectivity index (χ0n) is 31.6. The third-order valence-electron chi connectivity index (χ3n) is 11.4. The Morgan fingerprint density at radius 3 is 0.854 bits per heavy atom. The molecule has 254 valence electrons. The summed E-state index contributed by atoms with van der Waals surface area (Å²) in [5.41, 5.74) is 0.817. The molecule has 0 heterocycles. The molecule has 0 radical (unpaired) electrons. The second-order valence-electron chi connectivity index (χ2n) is 16.6. The normalized spacial score (nSPS) is 13.2. The highest BCUT2D eigenvalue weighted by Gasteiger charge is 2.51. The number of Topliss-reactive ketones (excluding diaryl/α,β-unsaturated/α-hetero) is 2. The highest BCUT2D eigenvalue weighted by atomic mass is 16.1. The first-order valence-electron chi connectivity index (χ1n) is 18.5. The minimum absolute atomic E-state index is 0.0569. The van der Waals surface area contributed by atoms with Gasteiger partial charge in [-0.2, -0.15) is 0 Å². The summed E-state index contributed by atoms with van der Waals surface area (Å²) in [6.45, 7) is 26.6. The number of carbonyl (C=O) groups is 2. The van der Waals surface area contributed by atoms with E-state index in [-0.39, 0.29) is 35.5 Å². The second-order valence-corrected chi connectivity index (χ2v) is 16.6. The topological polar surface area (TPSA) is 34.1 Å². The molecule has 48 heavy (non-hydrogen) atoms. The Morgan fingerprint density at radius 2 is 0.667 bits per heavy atom. The average Bonchev–Trinajstić information content (AvgIpc) is 2.99. The van der Waals surface area contributed by atoms with Gasteiger partial charge in [-0.3, -0.25) is 9.59 Å². The molecule has 2 nitrogen and oxygen atoms in total. The van der Waals surface area contributed by atoms with Gasteiger partial charge in [-0.1, -0.05) is 132 Å². The zero-order valence-corrected chi connectivity index (χ0v) is 31.6. The van der Waals surface area contributed by atoms with E-state index in [4.69, 9.17) is 0 Å². The van der Waals surface area contributed by atoms with Crippen molar-refractivity contribution in [1.82, 2.24) is 0 Å². The summed E-state index contributed by atoms with van der Waals surface area (Å²) in [7, 11) is 0. The zero-order chi connectivity index (χ0) is 35.3. The standard InChI is InChI=1S/C46H58O2/c1-27(2)21-41(47)45(29(5)6,30(7)8)43-37-23-33-17-13-15-19-35(33)25-39(37)44(40-26-36-20-16-14-18-34(36)24-38(40)43)46(31(9)10,32(11)12)42(48)22-28(3)4/h13-20,23-32H,21-22H2,1-12H3. The Labute approximate surface area is 289 Å². The van der Waals surface area contributed by atoms with E-state index >= 15 is 9.59 Å². The summed E-state index contributed by atoms with van der Waals surface area (Å²) in [4.78, 5) is 30.1. The molecule has 5 aromatic rings. The molecule has 0 bridgehead atoms. The Kier molecular flexibility index (Phi) is 10.00. The molecular formula is C46H58O2. The summed E-state index contributed by atoms with van der Waals surface area (Å²) in [6, 6.07) is 26.5. The van der Waals surface area contributed by atoms with Crippen LogP contribution in [0.1, 0.15) is 107 Å². The maximum Gasteiger partial charge on any atom is 0.144 e. The third-order valence-corrected chi connectivity index (χ3v) is 11.4. The number of carbonyl (C=O) groups excluding carboxylic acids is 2. The lowest BCUT2D eigenvalue weighted by Crippen LogP contribution is -2.48. The van der Waals surface area contributed by atoms with Gasteiger partial charge in [0.1, 0.15) is 11.6 Å². The lowest BCUT2D eigenvalue weighted by Gasteiger charge is -2.46. The molecule has 0 atom stereocenters. The fourth-order valence-electron chi connectivity index (χ4n) is 9.62. The minimum atomic E-state index is -0.732. The van der Waals surface area contributed by atoms with E-state index in [1.54, 1.807) is 0 Å². The van der Waals surface area contributed by atoms with Crippen LogP contribution in [0.4, 0.5) is 0 Å². The molecule has 0 aliphatic carbocycles. The van der Waals surface area contributed by atoms with E-state index in [9.17, 15) is 0 Å². The summed E-state index contributed by atoms with van der Waals surface area (Å²) < 4.78 is 0. The van der Waals surface area contributed by atoms with Gasteiger partial charge in [0.05, 0.1) is 10.8 Å². The molecule has 0 saturated carbocycles. The van der Waals surface area contributed by atoms with E-state index in [0.29, 0.717) is 24.4 Å². The number of rotatable bonds is 12. The van der Waals surface area contributed by atoms with E-state index in [1.165, 1.54) is 0 Å². The molecule has 5 rings (SSSR count). The molecule has 0 spiro atoms. The van der Waals surface area contributed by atoms with Crippen molar-refractivity contribution in [3.63, 3.8) is 0 Å². The van der Waals surface area contributed by atoms with Crippen LogP contribution >= 0.6 is 0 Å². The van der Waals surface area contributed by atoms with Gasteiger partial charge in [-0.15, -0.1) is 0 Å². The van der Waals surface area contributed by atoms with Gasteiger partial charge in [0.15, 0.2) is 0 Å². The van der Waals surface area contributed by atoms with Crippen LogP contribution in [0.25, 0.3) is 43.1 Å². The van der Waals surface area contributed by atoms with Crippen molar-refractivity contribution < 1.29 is 9.59 Å². The predicted octanol–water partition coefficient (Wildman–Crippen LogP) is 12.6. The van der Waals surface area contributed by atoms with Gasteiger partial charge in [0.25, 0.3) is 0 Å². The largest absolute Gasteiger partial charge is 0.299 e. The fourth-order valence-corrected chi connectivity index (χ4v) is 9.62. The molecular weight excluding hydrogens is 585 g/mol. The molecule has 0 amide bonds. The van der Waals surface area contributed by atoms with Crippen molar-refractivity contribution in [2.24, 2.45) is 35.5 Å². The van der Waals surface area contributed by atoms with Gasteiger partial charge in [0.2, 0.25) is 0 Å². The van der Waals surface area contributed by atoms with Crippen molar-refractivity contribution in [2.45, 2.75) is 107 Å². The summed E-state index contributed by atoms with van der Waals surface area (Å²) >= 11 is 0. The molecule has 5 aromatic carbocycles. The molecule has 0 aromatic heterocycles. The maximum atomic E-state index is 15.0. The van der Waals surface area contributed by atoms with Crippen LogP contribution in [0.3, 0.4) is 0 Å². The second kappa shape index (κ2) is 13.4. The Balaban J connectivity index is 2.21. The van der Waals surface area contributed by atoms with Crippen LogP contribution in [0, 0.1) is 35.5 Å². The van der Waals surface area contributed by atoms with Crippen LogP contribution < -0.4 is 0 Å². The number of benzene rings is 5. The molecule has 0 saturated heterocycles. The van der Waals surface area contributed by atoms with Crippen molar-refractivity contribution in [3.05, 3.63) is 83.9 Å². The van der Waals surface area contributed by atoms with Crippen molar-refractivity contribution in [1.29, 1.82) is 0 Å². The van der Waals surface area contributed by atoms with Crippen molar-refractivity contribution >= 4 is 54.7 Å². The van der Waals surface area contributed by atoms with Crippen LogP contribution in [-0.4, -0.2) is 11.6 Å². The number of hydrogen-bond donors (Lipinski definition) is 0. The van der Waals surface area contributed by atoms with Crippen LogP contribution in [0.15, 0.2) is 72.8 Å². The summed E-state index contributed by atoms with van der Waals surface area (Å²) in [5.74, 6) is 1.35. The van der Waals surface area contributed by atoms with Gasteiger partial charge in [-0.05, 0) is 114 Å². The Hall–Kier alpha value is -3.52. The monoisotopic (exact) mass is 642 g/mol. The van der Waals surface area contributed by atoms with E-state index in [2.05, 4.69) is 156 Å². The van der Waals surface area contributed by atoms with Gasteiger partial charge < -0.3 is 0 Å². The van der Waals surface area contributed by atoms with E-state index < -0.39 is 10.8 Å². The average molecular weight is 643 g/mol. The summed E-state index contributed by atoms with van der Waals surface area (Å²) in [6.07, 6.45) is 1.05. The predicted molar refractivity (Wildman–Crippen MR) is 208 cm³/mol. The maximum absolute atomic E-state index is 15.0. The first-order chi connectivity index (χ1) is 22.6. The molecule has 0 N–H and O–H groups in total. The van der Waals surface area contributed by atoms with Crippen molar-refractivity contribution in [3.8, 4) is 0 Å². The van der Waals surface area contributed by atoms with Crippen molar-refractivity contribution in [2.75, 3.05) is 0 Å². The Morgan fingerprint density at radius 1 is 0.438 bits per heavy atom. The molecule has 0 aliphatic heterocycles. The summed E-state index contributed by atoms with van der Waals surface area (Å²) in [5, 5.41) is 9.10. The van der Waals surface area contributed by atoms with Gasteiger partial charge >= 0.3 is 0 Å². The smallest absolute Gasteiger partial charge is 0.144 e. The first kappa shape index (κ1) is 35.8. The Bertz CT molecular complexity index is 1730. The number of ketones is 2.